The second-order valence-corrected chi connectivity index (χ2v) is 7.30. The Morgan fingerprint density at radius 2 is 2.13 bits per heavy atom. The number of nitrogens with zero attached hydrogens (tertiary/aromatic N) is 1. The molecule has 2 aromatic rings. The van der Waals surface area contributed by atoms with E-state index in [1.54, 1.807) is 19.1 Å². The summed E-state index contributed by atoms with van der Waals surface area (Å²) < 4.78 is 24.2. The summed E-state index contributed by atoms with van der Waals surface area (Å²) in [5.74, 6) is -0.565. The minimum Gasteiger partial charge on any atom is -0.493 e. The molecule has 7 nitrogen and oxygen atoms in total. The second-order valence-electron chi connectivity index (χ2n) is 6.90. The molecule has 2 aromatic carbocycles. The van der Waals surface area contributed by atoms with Crippen molar-refractivity contribution in [3.8, 4) is 5.75 Å². The van der Waals surface area contributed by atoms with Crippen LogP contribution in [0.4, 0.5) is 10.1 Å². The summed E-state index contributed by atoms with van der Waals surface area (Å²) in [4.78, 5) is 19.8. The smallest absolute Gasteiger partial charge is 0.360 e. The Hall–Kier alpha value is -2.39. The van der Waals surface area contributed by atoms with Crippen LogP contribution in [0.15, 0.2) is 36.4 Å². The topological polar surface area (TPSA) is 86.0 Å². The van der Waals surface area contributed by atoms with Crippen molar-refractivity contribution in [3.63, 3.8) is 0 Å². The van der Waals surface area contributed by atoms with Crippen LogP contribution in [0.1, 0.15) is 22.8 Å². The first kappa shape index (κ1) is 22.3. The van der Waals surface area contributed by atoms with E-state index in [2.05, 4.69) is 10.4 Å². The largest absolute Gasteiger partial charge is 0.493 e. The predicted molar refractivity (Wildman–Crippen MR) is 112 cm³/mol. The van der Waals surface area contributed by atoms with Crippen LogP contribution >= 0.6 is 11.6 Å². The number of morpholine rings is 1. The van der Waals surface area contributed by atoms with Crippen molar-refractivity contribution in [2.75, 3.05) is 38.6 Å². The molecule has 0 radical (unpaired) electrons. The Balaban J connectivity index is 1.50. The fourth-order valence-corrected chi connectivity index (χ4v) is 3.32. The normalized spacial score (nSPS) is 17.0. The van der Waals surface area contributed by atoms with Crippen molar-refractivity contribution in [1.82, 2.24) is 10.4 Å². The molecule has 1 heterocycles. The maximum Gasteiger partial charge on any atom is 0.360 e. The number of ether oxygens (including phenoxy) is 2. The minimum absolute atomic E-state index is 0.159. The molecule has 0 saturated carbocycles. The van der Waals surface area contributed by atoms with Gasteiger partial charge in [0, 0.05) is 25.7 Å². The number of benzene rings is 2. The van der Waals surface area contributed by atoms with Gasteiger partial charge in [0.25, 0.3) is 0 Å². The van der Waals surface area contributed by atoms with Crippen LogP contribution < -0.4 is 16.0 Å². The number of carbonyl (C=O) groups is 1. The first-order valence-electron chi connectivity index (χ1n) is 9.70. The molecular weight excluding hydrogens is 413 g/mol. The summed E-state index contributed by atoms with van der Waals surface area (Å²) in [5.41, 5.74) is 9.98. The Kier molecular flexibility index (Phi) is 7.87. The van der Waals surface area contributed by atoms with Crippen LogP contribution in [-0.4, -0.2) is 49.8 Å². The maximum absolute atomic E-state index is 13.1. The Labute approximate surface area is 179 Å². The second kappa shape index (κ2) is 10.6. The first-order valence-corrected chi connectivity index (χ1v) is 10.1. The lowest BCUT2D eigenvalue weighted by Crippen LogP contribution is -2.46. The molecular formula is C21H25ClFN3O4. The fourth-order valence-electron chi connectivity index (χ4n) is 3.15. The number of anilines is 1. The summed E-state index contributed by atoms with van der Waals surface area (Å²) >= 11 is 6.02. The van der Waals surface area contributed by atoms with E-state index in [0.717, 1.165) is 12.1 Å². The van der Waals surface area contributed by atoms with Crippen molar-refractivity contribution in [3.05, 3.63) is 58.4 Å². The minimum atomic E-state index is -0.626. The van der Waals surface area contributed by atoms with Crippen LogP contribution in [0.2, 0.25) is 5.02 Å². The number of rotatable bonds is 8. The SMILES string of the molecule is CCOc1cc(N)c(Cl)cc1C(=O)ONCC1CN(Cc2ccc(F)cc2)CCO1. The Morgan fingerprint density at radius 1 is 1.37 bits per heavy atom. The van der Waals surface area contributed by atoms with E-state index >= 15 is 0 Å². The molecule has 1 unspecified atom stereocenters. The number of hydrogen-bond donors (Lipinski definition) is 2. The standard InChI is InChI=1S/C21H25ClFN3O4/c1-2-28-20-10-19(24)18(22)9-17(20)21(27)30-25-11-16-13-26(7-8-29-16)12-14-3-5-15(23)6-4-14/h3-6,9-10,16,25H,2,7-8,11-13,24H2,1H3. The van der Waals surface area contributed by atoms with Gasteiger partial charge < -0.3 is 20.0 Å². The van der Waals surface area contributed by atoms with Crippen LogP contribution in [-0.2, 0) is 16.1 Å². The molecule has 1 aliphatic heterocycles. The molecule has 1 saturated heterocycles. The average Bonchev–Trinajstić information content (AvgIpc) is 2.73. The van der Waals surface area contributed by atoms with Crippen molar-refractivity contribution < 1.29 is 23.5 Å². The number of nitrogens with two attached hydrogens (primary N) is 1. The number of nitrogens with one attached hydrogen (secondary N) is 1. The lowest BCUT2D eigenvalue weighted by atomic mass is 10.2. The predicted octanol–water partition coefficient (Wildman–Crippen LogP) is 3.02. The lowest BCUT2D eigenvalue weighted by Gasteiger charge is -2.32. The van der Waals surface area contributed by atoms with Gasteiger partial charge in [0.2, 0.25) is 0 Å². The van der Waals surface area contributed by atoms with E-state index in [4.69, 9.17) is 31.6 Å². The maximum atomic E-state index is 13.1. The monoisotopic (exact) mass is 437 g/mol. The van der Waals surface area contributed by atoms with Gasteiger partial charge in [0.1, 0.15) is 17.1 Å². The highest BCUT2D eigenvalue weighted by Crippen LogP contribution is 2.29. The zero-order valence-corrected chi connectivity index (χ0v) is 17.5. The van der Waals surface area contributed by atoms with Gasteiger partial charge >= 0.3 is 5.97 Å². The van der Waals surface area contributed by atoms with Gasteiger partial charge in [-0.05, 0) is 30.7 Å². The molecule has 162 valence electrons. The van der Waals surface area contributed by atoms with Gasteiger partial charge in [-0.3, -0.25) is 4.90 Å². The highest BCUT2D eigenvalue weighted by atomic mass is 35.5. The lowest BCUT2D eigenvalue weighted by molar-refractivity contribution is -0.0494. The van der Waals surface area contributed by atoms with E-state index < -0.39 is 5.97 Å². The number of carbonyl (C=O) groups excluding carboxylic acids is 1. The molecule has 1 atom stereocenters. The zero-order chi connectivity index (χ0) is 21.5. The van der Waals surface area contributed by atoms with Crippen molar-refractivity contribution in [2.45, 2.75) is 19.6 Å². The van der Waals surface area contributed by atoms with Gasteiger partial charge in [-0.25, -0.2) is 9.18 Å². The molecule has 3 N–H and O–H groups in total. The number of nitrogen functional groups attached to an aromatic ring is 1. The third kappa shape index (κ3) is 6.06. The van der Waals surface area contributed by atoms with Gasteiger partial charge in [-0.2, -0.15) is 5.48 Å². The van der Waals surface area contributed by atoms with Gasteiger partial charge in [0.05, 0.1) is 36.6 Å². The van der Waals surface area contributed by atoms with Crippen LogP contribution in [0.25, 0.3) is 0 Å². The van der Waals surface area contributed by atoms with E-state index in [1.807, 2.05) is 0 Å². The molecule has 0 bridgehead atoms. The molecule has 1 aliphatic rings. The average molecular weight is 438 g/mol. The fraction of sp³-hybridized carbons (Fsp3) is 0.381. The molecule has 0 aromatic heterocycles. The number of hydroxylamine groups is 1. The van der Waals surface area contributed by atoms with E-state index in [-0.39, 0.29) is 22.5 Å². The van der Waals surface area contributed by atoms with E-state index in [0.29, 0.717) is 44.3 Å². The quantitative estimate of drug-likeness (QED) is 0.485. The molecule has 9 heteroatoms. The zero-order valence-electron chi connectivity index (χ0n) is 16.7. The summed E-state index contributed by atoms with van der Waals surface area (Å²) in [6, 6.07) is 9.37. The molecule has 30 heavy (non-hydrogen) atoms. The third-order valence-corrected chi connectivity index (χ3v) is 4.96. The summed E-state index contributed by atoms with van der Waals surface area (Å²) in [6.45, 7) is 5.17. The highest BCUT2D eigenvalue weighted by molar-refractivity contribution is 6.33. The number of hydrogen-bond acceptors (Lipinski definition) is 7. The Morgan fingerprint density at radius 3 is 2.87 bits per heavy atom. The van der Waals surface area contributed by atoms with Crippen molar-refractivity contribution >= 4 is 23.3 Å². The summed E-state index contributed by atoms with van der Waals surface area (Å²) in [5, 5.41) is 0.248. The summed E-state index contributed by atoms with van der Waals surface area (Å²) in [7, 11) is 0. The van der Waals surface area contributed by atoms with Gasteiger partial charge in [-0.1, -0.05) is 23.7 Å². The first-order chi connectivity index (χ1) is 14.5. The van der Waals surface area contributed by atoms with Crippen LogP contribution in [0, 0.1) is 5.82 Å². The van der Waals surface area contributed by atoms with Gasteiger partial charge in [-0.15, -0.1) is 0 Å². The molecule has 0 spiro atoms. The molecule has 0 amide bonds. The number of halogens is 2. The van der Waals surface area contributed by atoms with E-state index in [9.17, 15) is 9.18 Å². The highest BCUT2D eigenvalue weighted by Gasteiger charge is 2.22. The van der Waals surface area contributed by atoms with Gasteiger partial charge in [0.15, 0.2) is 0 Å². The molecule has 3 rings (SSSR count). The van der Waals surface area contributed by atoms with Crippen molar-refractivity contribution in [2.24, 2.45) is 0 Å². The molecule has 0 aliphatic carbocycles. The third-order valence-electron chi connectivity index (χ3n) is 4.64. The van der Waals surface area contributed by atoms with Crippen LogP contribution in [0.3, 0.4) is 0 Å². The summed E-state index contributed by atoms with van der Waals surface area (Å²) in [6.07, 6.45) is -0.159. The van der Waals surface area contributed by atoms with E-state index in [1.165, 1.54) is 24.3 Å². The van der Waals surface area contributed by atoms with Crippen LogP contribution in [0.5, 0.6) is 5.75 Å². The van der Waals surface area contributed by atoms with Crippen molar-refractivity contribution in [1.29, 1.82) is 0 Å². The Bertz CT molecular complexity index is 866. The molecule has 1 fully saturated rings.